The number of aryl methyl sites for hydroxylation is 1. The number of rotatable bonds is 16. The van der Waals surface area contributed by atoms with Gasteiger partial charge in [-0.1, -0.05) is 38.8 Å². The topological polar surface area (TPSA) is 87.7 Å². The van der Waals surface area contributed by atoms with Crippen molar-refractivity contribution >= 4 is 11.7 Å². The Morgan fingerprint density at radius 2 is 1.57 bits per heavy atom. The first-order chi connectivity index (χ1) is 20.1. The van der Waals surface area contributed by atoms with Crippen LogP contribution in [0.3, 0.4) is 0 Å². The average molecular weight is 581 g/mol. The number of ketones is 1. The van der Waals surface area contributed by atoms with E-state index >= 15 is 0 Å². The van der Waals surface area contributed by atoms with Crippen molar-refractivity contribution in [3.8, 4) is 5.75 Å². The monoisotopic (exact) mass is 580 g/mol. The zero-order valence-electron chi connectivity index (χ0n) is 24.9. The first-order valence-corrected chi connectivity index (χ1v) is 14.6. The molecule has 3 N–H and O–H groups in total. The number of Topliss-reactive ketones (excluding diaryl/α,β-unsaturated/α-hetero) is 1. The number of hydrogen-bond donors (Lipinski definition) is 3. The molecule has 3 aromatic carbocycles. The number of carbonyl (C=O) groups excluding carboxylic acids is 2. The van der Waals surface area contributed by atoms with Gasteiger partial charge in [-0.25, -0.2) is 8.78 Å². The minimum absolute atomic E-state index is 0.00486. The van der Waals surface area contributed by atoms with Crippen molar-refractivity contribution in [3.05, 3.63) is 100 Å². The van der Waals surface area contributed by atoms with Crippen LogP contribution in [-0.4, -0.2) is 42.6 Å². The third-order valence-corrected chi connectivity index (χ3v) is 7.24. The summed E-state index contributed by atoms with van der Waals surface area (Å²) in [4.78, 5) is 26.8. The number of aliphatic hydroxyl groups excluding tert-OH is 1. The van der Waals surface area contributed by atoms with Gasteiger partial charge in [-0.15, -0.1) is 0 Å². The Morgan fingerprint density at radius 1 is 0.905 bits per heavy atom. The molecule has 0 aliphatic heterocycles. The lowest BCUT2D eigenvalue weighted by molar-refractivity contribution is 0.0829. The number of aliphatic hydroxyl groups is 1. The van der Waals surface area contributed by atoms with E-state index in [1.807, 2.05) is 45.0 Å². The van der Waals surface area contributed by atoms with E-state index in [9.17, 15) is 23.5 Å². The largest absolute Gasteiger partial charge is 0.497 e. The zero-order chi connectivity index (χ0) is 30.6. The molecule has 0 aromatic heterocycles. The highest BCUT2D eigenvalue weighted by Crippen LogP contribution is 2.22. The Hall–Kier alpha value is -3.62. The smallest absolute Gasteiger partial charge is 0.251 e. The van der Waals surface area contributed by atoms with Gasteiger partial charge in [-0.2, -0.15) is 0 Å². The molecule has 6 nitrogen and oxygen atoms in total. The van der Waals surface area contributed by atoms with Crippen LogP contribution in [0, 0.1) is 24.5 Å². The maximum absolute atomic E-state index is 14.0. The molecule has 0 aliphatic carbocycles. The van der Waals surface area contributed by atoms with Crippen molar-refractivity contribution < 1.29 is 28.2 Å². The summed E-state index contributed by atoms with van der Waals surface area (Å²) in [5.74, 6) is -1.34. The molecule has 0 spiro atoms. The minimum Gasteiger partial charge on any atom is -0.497 e. The van der Waals surface area contributed by atoms with Gasteiger partial charge in [0.1, 0.15) is 17.4 Å². The first-order valence-electron chi connectivity index (χ1n) is 14.6. The zero-order valence-corrected chi connectivity index (χ0v) is 24.9. The molecule has 0 saturated heterocycles. The molecule has 2 atom stereocenters. The fourth-order valence-corrected chi connectivity index (χ4v) is 5.20. The molecule has 3 aromatic rings. The van der Waals surface area contributed by atoms with Gasteiger partial charge in [0, 0.05) is 36.2 Å². The lowest BCUT2D eigenvalue weighted by Crippen LogP contribution is -2.48. The molecule has 0 radical (unpaired) electrons. The molecule has 0 unspecified atom stereocenters. The molecular formula is C34H42F2N2O4. The number of amides is 1. The summed E-state index contributed by atoms with van der Waals surface area (Å²) in [5.41, 5.74) is 2.78. The van der Waals surface area contributed by atoms with Gasteiger partial charge in [0.25, 0.3) is 5.91 Å². The fraction of sp³-hybridized carbons (Fsp3) is 0.412. The minimum atomic E-state index is -1.09. The highest BCUT2D eigenvalue weighted by atomic mass is 19.1. The number of carbonyl (C=O) groups is 2. The van der Waals surface area contributed by atoms with E-state index in [-0.39, 0.29) is 30.2 Å². The number of methoxy groups -OCH3 is 1. The lowest BCUT2D eigenvalue weighted by atomic mass is 9.88. The standard InChI is InChI=1S/C34H42F2N2O4/c1-5-8-25(9-6-2)33(40)26-12-22(3)13-27(18-26)34(41)38-31(17-24-14-28(35)19-29(36)15-24)32(39)21-37-20-23-10-7-11-30(16-23)42-4/h7,10-16,18-19,25,31-32,37,39H,5-6,8-9,17,20-21H2,1-4H3,(H,38,41)/t31-,32-/m0/s1. The van der Waals surface area contributed by atoms with Crippen molar-refractivity contribution in [1.82, 2.24) is 10.6 Å². The summed E-state index contributed by atoms with van der Waals surface area (Å²) in [6.45, 7) is 6.46. The van der Waals surface area contributed by atoms with Crippen LogP contribution in [0.2, 0.25) is 0 Å². The van der Waals surface area contributed by atoms with E-state index in [1.165, 1.54) is 12.1 Å². The number of nitrogens with one attached hydrogen (secondary N) is 2. The van der Waals surface area contributed by atoms with Crippen molar-refractivity contribution in [2.24, 2.45) is 5.92 Å². The number of hydrogen-bond acceptors (Lipinski definition) is 5. The molecule has 0 fully saturated rings. The SMILES string of the molecule is CCCC(CCC)C(=O)c1cc(C)cc(C(=O)N[C@@H](Cc2cc(F)cc(F)c2)[C@@H](O)CNCc2cccc(OC)c2)c1. The Bertz CT molecular complexity index is 1320. The van der Waals surface area contributed by atoms with Crippen LogP contribution in [0.5, 0.6) is 5.75 Å². The molecule has 0 saturated carbocycles. The van der Waals surface area contributed by atoms with E-state index in [2.05, 4.69) is 10.6 Å². The van der Waals surface area contributed by atoms with Crippen LogP contribution in [0.4, 0.5) is 8.78 Å². The van der Waals surface area contributed by atoms with Crippen molar-refractivity contribution in [2.75, 3.05) is 13.7 Å². The van der Waals surface area contributed by atoms with Gasteiger partial charge >= 0.3 is 0 Å². The second-order valence-electron chi connectivity index (χ2n) is 10.8. The molecule has 1 amide bonds. The molecule has 8 heteroatoms. The van der Waals surface area contributed by atoms with Gasteiger partial charge in [-0.05, 0) is 85.3 Å². The average Bonchev–Trinajstić information content (AvgIpc) is 2.95. The molecule has 3 rings (SSSR count). The van der Waals surface area contributed by atoms with Crippen LogP contribution < -0.4 is 15.4 Å². The van der Waals surface area contributed by atoms with E-state index in [0.29, 0.717) is 23.4 Å². The Balaban J connectivity index is 1.80. The van der Waals surface area contributed by atoms with Crippen molar-refractivity contribution in [1.29, 1.82) is 0 Å². The normalized spacial score (nSPS) is 12.7. The second kappa shape index (κ2) is 16.1. The Labute approximate surface area is 247 Å². The predicted octanol–water partition coefficient (Wildman–Crippen LogP) is 6.17. The molecule has 42 heavy (non-hydrogen) atoms. The van der Waals surface area contributed by atoms with Gasteiger partial charge in [-0.3, -0.25) is 9.59 Å². The highest BCUT2D eigenvalue weighted by Gasteiger charge is 2.25. The molecule has 0 heterocycles. The van der Waals surface area contributed by atoms with Gasteiger partial charge in [0.2, 0.25) is 0 Å². The molecule has 226 valence electrons. The van der Waals surface area contributed by atoms with Crippen LogP contribution >= 0.6 is 0 Å². The quantitative estimate of drug-likeness (QED) is 0.176. The van der Waals surface area contributed by atoms with E-state index in [4.69, 9.17) is 4.74 Å². The Kier molecular flexibility index (Phi) is 12.6. The van der Waals surface area contributed by atoms with Crippen LogP contribution in [0.15, 0.2) is 60.7 Å². The van der Waals surface area contributed by atoms with E-state index in [1.54, 1.807) is 25.3 Å². The third kappa shape index (κ3) is 9.74. The van der Waals surface area contributed by atoms with Crippen LogP contribution in [0.25, 0.3) is 0 Å². The first kappa shape index (κ1) is 32.9. The summed E-state index contributed by atoms with van der Waals surface area (Å²) in [5, 5.41) is 17.2. The van der Waals surface area contributed by atoms with Gasteiger partial charge < -0.3 is 20.5 Å². The summed E-state index contributed by atoms with van der Waals surface area (Å²) >= 11 is 0. The van der Waals surface area contributed by atoms with E-state index in [0.717, 1.165) is 42.9 Å². The maximum Gasteiger partial charge on any atom is 0.251 e. The van der Waals surface area contributed by atoms with Crippen molar-refractivity contribution in [3.63, 3.8) is 0 Å². The van der Waals surface area contributed by atoms with E-state index < -0.39 is 29.7 Å². The summed E-state index contributed by atoms with van der Waals surface area (Å²) in [7, 11) is 1.58. The summed E-state index contributed by atoms with van der Waals surface area (Å²) in [6.07, 6.45) is 2.25. The molecule has 0 bridgehead atoms. The van der Waals surface area contributed by atoms with Crippen molar-refractivity contribution in [2.45, 2.75) is 71.6 Å². The Morgan fingerprint density at radius 3 is 2.21 bits per heavy atom. The molecular weight excluding hydrogens is 538 g/mol. The summed E-state index contributed by atoms with van der Waals surface area (Å²) < 4.78 is 33.2. The van der Waals surface area contributed by atoms with Gasteiger partial charge in [0.15, 0.2) is 5.78 Å². The lowest BCUT2D eigenvalue weighted by Gasteiger charge is -2.25. The number of halogens is 2. The third-order valence-electron chi connectivity index (χ3n) is 7.24. The predicted molar refractivity (Wildman–Crippen MR) is 161 cm³/mol. The summed E-state index contributed by atoms with van der Waals surface area (Å²) in [6, 6.07) is 14.8. The maximum atomic E-state index is 14.0. The van der Waals surface area contributed by atoms with Crippen LogP contribution in [0.1, 0.15) is 76.9 Å². The number of ether oxygens (including phenoxy) is 1. The van der Waals surface area contributed by atoms with Crippen LogP contribution in [-0.2, 0) is 13.0 Å². The van der Waals surface area contributed by atoms with Gasteiger partial charge in [0.05, 0.1) is 19.3 Å². The second-order valence-corrected chi connectivity index (χ2v) is 10.8. The fourth-order valence-electron chi connectivity index (χ4n) is 5.20. The highest BCUT2D eigenvalue weighted by molar-refractivity contribution is 6.02. The number of benzene rings is 3. The molecule has 0 aliphatic rings.